The summed E-state index contributed by atoms with van der Waals surface area (Å²) in [6, 6.07) is 17.8. The van der Waals surface area contributed by atoms with Crippen LogP contribution in [0.3, 0.4) is 0 Å². The van der Waals surface area contributed by atoms with Gasteiger partial charge in [0.15, 0.2) is 5.11 Å². The third-order valence-electron chi connectivity index (χ3n) is 6.63. The molecule has 2 atom stereocenters. The summed E-state index contributed by atoms with van der Waals surface area (Å²) in [5.74, 6) is 0.777. The van der Waals surface area contributed by atoms with Crippen molar-refractivity contribution in [3.8, 4) is 0 Å². The molecule has 2 aromatic rings. The quantitative estimate of drug-likeness (QED) is 0.572. The molecule has 160 valence electrons. The highest BCUT2D eigenvalue weighted by Gasteiger charge is 2.34. The zero-order valence-corrected chi connectivity index (χ0v) is 19.3. The van der Waals surface area contributed by atoms with E-state index in [-0.39, 0.29) is 0 Å². The smallest absolute Gasteiger partial charge is 0.171 e. The first-order valence-electron chi connectivity index (χ1n) is 11.2. The standard InChI is InChI=1S/C25H32ClN3S/c1-18-4-2-5-22(16-18)27-25(30)28-23-6-3-7-24(23)29-14-12-20(13-15-29)17-19-8-10-21(26)11-9-19/h2,4-5,8-11,16,20,23-24H,3,6-7,12-15,17H2,1H3,(H2,27,28,30). The maximum Gasteiger partial charge on any atom is 0.171 e. The zero-order chi connectivity index (χ0) is 20.9. The van der Waals surface area contributed by atoms with Gasteiger partial charge in [0.05, 0.1) is 0 Å². The largest absolute Gasteiger partial charge is 0.358 e. The lowest BCUT2D eigenvalue weighted by Gasteiger charge is -2.39. The molecule has 2 fully saturated rings. The number of nitrogens with zero attached hydrogens (tertiary/aromatic N) is 1. The summed E-state index contributed by atoms with van der Waals surface area (Å²) in [5.41, 5.74) is 3.71. The summed E-state index contributed by atoms with van der Waals surface area (Å²) in [6.45, 7) is 4.49. The van der Waals surface area contributed by atoms with Crippen molar-refractivity contribution in [1.29, 1.82) is 0 Å². The van der Waals surface area contributed by atoms with Gasteiger partial charge in [-0.25, -0.2) is 0 Å². The van der Waals surface area contributed by atoms with E-state index in [0.29, 0.717) is 12.1 Å². The number of anilines is 1. The number of rotatable bonds is 5. The Morgan fingerprint density at radius 1 is 1.07 bits per heavy atom. The number of halogens is 1. The minimum atomic E-state index is 0.447. The average Bonchev–Trinajstić information content (AvgIpc) is 3.18. The van der Waals surface area contributed by atoms with Crippen molar-refractivity contribution >= 4 is 34.6 Å². The van der Waals surface area contributed by atoms with Gasteiger partial charge >= 0.3 is 0 Å². The normalized spacial score (nSPS) is 22.7. The first-order chi connectivity index (χ1) is 14.6. The van der Waals surface area contributed by atoms with E-state index in [2.05, 4.69) is 58.9 Å². The number of thiocarbonyl (C=S) groups is 1. The average molecular weight is 442 g/mol. The summed E-state index contributed by atoms with van der Waals surface area (Å²) in [4.78, 5) is 2.71. The number of hydrogen-bond acceptors (Lipinski definition) is 2. The second kappa shape index (κ2) is 10.1. The van der Waals surface area contributed by atoms with Crippen LogP contribution in [-0.4, -0.2) is 35.2 Å². The fraction of sp³-hybridized carbons (Fsp3) is 0.480. The molecule has 0 radical (unpaired) electrons. The third kappa shape index (κ3) is 5.75. The van der Waals surface area contributed by atoms with Gasteiger partial charge in [-0.05, 0) is 112 Å². The van der Waals surface area contributed by atoms with E-state index in [1.54, 1.807) is 0 Å². The molecule has 30 heavy (non-hydrogen) atoms. The SMILES string of the molecule is Cc1cccc(NC(=S)NC2CCCC2N2CCC(Cc3ccc(Cl)cc3)CC2)c1. The molecule has 2 N–H and O–H groups in total. The molecule has 1 aliphatic carbocycles. The van der Waals surface area contributed by atoms with Crippen molar-refractivity contribution in [3.63, 3.8) is 0 Å². The number of piperidine rings is 1. The van der Waals surface area contributed by atoms with Gasteiger partial charge in [0, 0.05) is 22.8 Å². The number of aryl methyl sites for hydroxylation is 1. The van der Waals surface area contributed by atoms with Crippen LogP contribution in [0.4, 0.5) is 5.69 Å². The van der Waals surface area contributed by atoms with Crippen molar-refractivity contribution in [3.05, 3.63) is 64.7 Å². The minimum Gasteiger partial charge on any atom is -0.358 e. The van der Waals surface area contributed by atoms with Crippen molar-refractivity contribution in [2.45, 2.75) is 57.5 Å². The van der Waals surface area contributed by atoms with Gasteiger partial charge in [0.25, 0.3) is 0 Å². The molecule has 1 aliphatic heterocycles. The summed E-state index contributed by atoms with van der Waals surface area (Å²) in [7, 11) is 0. The lowest BCUT2D eigenvalue weighted by atomic mass is 9.89. The Hall–Kier alpha value is -1.62. The fourth-order valence-corrected chi connectivity index (χ4v) is 5.44. The van der Waals surface area contributed by atoms with Gasteiger partial charge in [-0.2, -0.15) is 0 Å². The monoisotopic (exact) mass is 441 g/mol. The van der Waals surface area contributed by atoms with Crippen LogP contribution in [0, 0.1) is 12.8 Å². The molecule has 2 unspecified atom stereocenters. The summed E-state index contributed by atoms with van der Waals surface area (Å²) < 4.78 is 0. The molecule has 3 nitrogen and oxygen atoms in total. The van der Waals surface area contributed by atoms with Gasteiger partial charge in [0.1, 0.15) is 0 Å². The van der Waals surface area contributed by atoms with Crippen LogP contribution >= 0.6 is 23.8 Å². The lowest BCUT2D eigenvalue weighted by Crippen LogP contribution is -2.51. The minimum absolute atomic E-state index is 0.447. The second-order valence-corrected chi connectivity index (χ2v) is 9.73. The van der Waals surface area contributed by atoms with E-state index >= 15 is 0 Å². The Morgan fingerprint density at radius 2 is 1.83 bits per heavy atom. The van der Waals surface area contributed by atoms with Gasteiger partial charge in [-0.3, -0.25) is 4.90 Å². The molecular weight excluding hydrogens is 410 g/mol. The van der Waals surface area contributed by atoms with Crippen molar-refractivity contribution < 1.29 is 0 Å². The highest BCUT2D eigenvalue weighted by atomic mass is 35.5. The number of likely N-dealkylation sites (tertiary alicyclic amines) is 1. The van der Waals surface area contributed by atoms with E-state index in [9.17, 15) is 0 Å². The molecule has 5 heteroatoms. The fourth-order valence-electron chi connectivity index (χ4n) is 5.05. The Labute approximate surface area is 191 Å². The van der Waals surface area contributed by atoms with E-state index in [4.69, 9.17) is 23.8 Å². The van der Waals surface area contributed by atoms with Gasteiger partial charge < -0.3 is 10.6 Å². The first-order valence-corrected chi connectivity index (χ1v) is 12.0. The van der Waals surface area contributed by atoms with E-state index < -0.39 is 0 Å². The molecule has 1 saturated carbocycles. The topological polar surface area (TPSA) is 27.3 Å². The molecule has 2 aromatic carbocycles. The molecule has 2 aliphatic rings. The summed E-state index contributed by atoms with van der Waals surface area (Å²) in [5, 5.41) is 8.55. The predicted octanol–water partition coefficient (Wildman–Crippen LogP) is 5.81. The van der Waals surface area contributed by atoms with E-state index in [1.807, 2.05) is 12.1 Å². The van der Waals surface area contributed by atoms with Crippen LogP contribution in [0.2, 0.25) is 5.02 Å². The number of hydrogen-bond donors (Lipinski definition) is 2. The molecule has 0 aromatic heterocycles. The highest BCUT2D eigenvalue weighted by Crippen LogP contribution is 2.30. The molecule has 0 bridgehead atoms. The predicted molar refractivity (Wildman–Crippen MR) is 131 cm³/mol. The second-order valence-electron chi connectivity index (χ2n) is 8.88. The maximum atomic E-state index is 6.02. The van der Waals surface area contributed by atoms with E-state index in [1.165, 1.54) is 62.7 Å². The molecule has 1 saturated heterocycles. The van der Waals surface area contributed by atoms with Crippen LogP contribution in [-0.2, 0) is 6.42 Å². The molecule has 0 spiro atoms. The Morgan fingerprint density at radius 3 is 2.57 bits per heavy atom. The Kier molecular flexibility index (Phi) is 7.29. The van der Waals surface area contributed by atoms with E-state index in [0.717, 1.165) is 21.7 Å². The Balaban J connectivity index is 1.26. The maximum absolute atomic E-state index is 6.02. The van der Waals surface area contributed by atoms with Crippen LogP contribution in [0.25, 0.3) is 0 Å². The van der Waals surface area contributed by atoms with Gasteiger partial charge in [-0.1, -0.05) is 35.9 Å². The lowest BCUT2D eigenvalue weighted by molar-refractivity contribution is 0.122. The van der Waals surface area contributed by atoms with Crippen LogP contribution < -0.4 is 10.6 Å². The third-order valence-corrected chi connectivity index (χ3v) is 7.10. The zero-order valence-electron chi connectivity index (χ0n) is 17.7. The van der Waals surface area contributed by atoms with Crippen LogP contribution in [0.5, 0.6) is 0 Å². The highest BCUT2D eigenvalue weighted by molar-refractivity contribution is 7.80. The van der Waals surface area contributed by atoms with Crippen LogP contribution in [0.1, 0.15) is 43.2 Å². The van der Waals surface area contributed by atoms with Crippen LogP contribution in [0.15, 0.2) is 48.5 Å². The summed E-state index contributed by atoms with van der Waals surface area (Å²) >= 11 is 11.6. The number of nitrogens with one attached hydrogen (secondary N) is 2. The number of benzene rings is 2. The molecule has 1 heterocycles. The molecular formula is C25H32ClN3S. The Bertz CT molecular complexity index is 846. The molecule has 4 rings (SSSR count). The summed E-state index contributed by atoms with van der Waals surface area (Å²) in [6.07, 6.45) is 7.47. The van der Waals surface area contributed by atoms with Crippen molar-refractivity contribution in [1.82, 2.24) is 10.2 Å². The van der Waals surface area contributed by atoms with Crippen molar-refractivity contribution in [2.24, 2.45) is 5.92 Å². The van der Waals surface area contributed by atoms with Crippen molar-refractivity contribution in [2.75, 3.05) is 18.4 Å². The van der Waals surface area contributed by atoms with Gasteiger partial charge in [0.2, 0.25) is 0 Å². The van der Waals surface area contributed by atoms with Gasteiger partial charge in [-0.15, -0.1) is 0 Å². The first kappa shape index (κ1) is 21.6. The molecule has 0 amide bonds.